The number of benzene rings is 1. The van der Waals surface area contributed by atoms with Crippen LogP contribution in [0.15, 0.2) is 64.1 Å². The molecule has 0 bridgehead atoms. The molecule has 1 N–H and O–H groups in total. The molecule has 1 aliphatic heterocycles. The van der Waals surface area contributed by atoms with Gasteiger partial charge in [0.2, 0.25) is 5.91 Å². The van der Waals surface area contributed by atoms with Gasteiger partial charge in [0.25, 0.3) is 0 Å². The second-order valence-corrected chi connectivity index (χ2v) is 7.58. The zero-order valence-electron chi connectivity index (χ0n) is 15.7. The first-order valence-corrected chi connectivity index (χ1v) is 10.5. The molecule has 144 valence electrons. The number of carbonyl (C=O) groups is 1. The highest BCUT2D eigenvalue weighted by Gasteiger charge is 2.27. The summed E-state index contributed by atoms with van der Waals surface area (Å²) >= 11 is 1.63. The summed E-state index contributed by atoms with van der Waals surface area (Å²) in [6.07, 6.45) is 5.46. The van der Waals surface area contributed by atoms with Crippen LogP contribution in [0.5, 0.6) is 0 Å². The highest BCUT2D eigenvalue weighted by atomic mass is 32.2. The lowest BCUT2D eigenvalue weighted by atomic mass is 9.97. The van der Waals surface area contributed by atoms with Crippen LogP contribution in [0.2, 0.25) is 0 Å². The molecule has 1 unspecified atom stereocenters. The molecular formula is C21H22N4O2S. The highest BCUT2D eigenvalue weighted by molar-refractivity contribution is 7.98. The van der Waals surface area contributed by atoms with Gasteiger partial charge in [0.1, 0.15) is 5.69 Å². The molecule has 1 atom stereocenters. The van der Waals surface area contributed by atoms with Gasteiger partial charge in [-0.1, -0.05) is 12.1 Å². The van der Waals surface area contributed by atoms with E-state index < -0.39 is 0 Å². The molecular weight excluding hydrogens is 372 g/mol. The number of nitrogens with one attached hydrogen (secondary N) is 1. The normalized spacial score (nSPS) is 16.8. The van der Waals surface area contributed by atoms with Crippen molar-refractivity contribution in [3.8, 4) is 11.5 Å². The topological polar surface area (TPSA) is 71.3 Å². The summed E-state index contributed by atoms with van der Waals surface area (Å²) in [6.45, 7) is 1.52. The van der Waals surface area contributed by atoms with Crippen LogP contribution in [-0.4, -0.2) is 35.4 Å². The molecule has 4 rings (SSSR count). The second-order valence-electron chi connectivity index (χ2n) is 6.73. The number of nitrogens with zero attached hydrogens (tertiary/aromatic N) is 3. The number of aromatic nitrogens is 2. The lowest BCUT2D eigenvalue weighted by Gasteiger charge is -2.32. The van der Waals surface area contributed by atoms with Crippen molar-refractivity contribution >= 4 is 29.2 Å². The Morgan fingerprint density at radius 2 is 2.07 bits per heavy atom. The third-order valence-corrected chi connectivity index (χ3v) is 5.70. The van der Waals surface area contributed by atoms with E-state index in [1.54, 1.807) is 18.0 Å². The van der Waals surface area contributed by atoms with E-state index >= 15 is 0 Å². The quantitative estimate of drug-likeness (QED) is 0.650. The fourth-order valence-corrected chi connectivity index (χ4v) is 3.99. The fourth-order valence-electron chi connectivity index (χ4n) is 3.43. The summed E-state index contributed by atoms with van der Waals surface area (Å²) in [5.74, 6) is 1.47. The molecule has 0 radical (unpaired) electrons. The van der Waals surface area contributed by atoms with Gasteiger partial charge < -0.3 is 14.6 Å². The van der Waals surface area contributed by atoms with Crippen molar-refractivity contribution in [1.29, 1.82) is 0 Å². The Morgan fingerprint density at radius 3 is 2.82 bits per heavy atom. The first-order valence-electron chi connectivity index (χ1n) is 9.31. The van der Waals surface area contributed by atoms with Crippen molar-refractivity contribution in [1.82, 2.24) is 10.2 Å². The van der Waals surface area contributed by atoms with E-state index in [0.717, 1.165) is 35.8 Å². The maximum absolute atomic E-state index is 12.8. The number of piperidine rings is 1. The van der Waals surface area contributed by atoms with Gasteiger partial charge in [0.15, 0.2) is 11.6 Å². The minimum Gasteiger partial charge on any atom is -0.463 e. The van der Waals surface area contributed by atoms with Gasteiger partial charge in [-0.15, -0.1) is 22.0 Å². The molecule has 1 aromatic carbocycles. The van der Waals surface area contributed by atoms with Crippen molar-refractivity contribution in [2.24, 2.45) is 5.92 Å². The lowest BCUT2D eigenvalue weighted by molar-refractivity contribution is -0.120. The van der Waals surface area contributed by atoms with Crippen LogP contribution in [0.1, 0.15) is 12.8 Å². The molecule has 1 fully saturated rings. The number of hydrogen-bond acceptors (Lipinski definition) is 6. The van der Waals surface area contributed by atoms with Crippen LogP contribution in [-0.2, 0) is 4.79 Å². The minimum atomic E-state index is -0.0739. The number of thioether (sulfide) groups is 1. The Hall–Kier alpha value is -2.80. The third-order valence-electron chi connectivity index (χ3n) is 4.91. The molecule has 7 heteroatoms. The molecule has 3 heterocycles. The van der Waals surface area contributed by atoms with E-state index in [9.17, 15) is 4.79 Å². The average Bonchev–Trinajstić information content (AvgIpc) is 3.29. The zero-order chi connectivity index (χ0) is 19.3. The summed E-state index contributed by atoms with van der Waals surface area (Å²) in [6, 6.07) is 15.4. The molecule has 6 nitrogen and oxygen atoms in total. The summed E-state index contributed by atoms with van der Waals surface area (Å²) in [5.41, 5.74) is 1.58. The first-order chi connectivity index (χ1) is 13.7. The van der Waals surface area contributed by atoms with Crippen LogP contribution in [0.3, 0.4) is 0 Å². The summed E-state index contributed by atoms with van der Waals surface area (Å²) in [7, 11) is 0. The SMILES string of the molecule is CSc1ccccc1NC(=O)C1CCCN(c2ccc(-c3ccco3)nn2)C1. The maximum atomic E-state index is 12.8. The molecule has 0 aliphatic carbocycles. The first kappa shape index (κ1) is 18.6. The Labute approximate surface area is 168 Å². The van der Waals surface area contributed by atoms with Crippen LogP contribution in [0.4, 0.5) is 11.5 Å². The number of anilines is 2. The molecule has 3 aromatic rings. The highest BCUT2D eigenvalue weighted by Crippen LogP contribution is 2.27. The van der Waals surface area contributed by atoms with Crippen molar-refractivity contribution in [2.45, 2.75) is 17.7 Å². The van der Waals surface area contributed by atoms with E-state index in [0.29, 0.717) is 18.0 Å². The van der Waals surface area contributed by atoms with Gasteiger partial charge in [0, 0.05) is 18.0 Å². The summed E-state index contributed by atoms with van der Waals surface area (Å²) < 4.78 is 5.36. The Kier molecular flexibility index (Phi) is 5.62. The smallest absolute Gasteiger partial charge is 0.229 e. The Bertz CT molecular complexity index is 928. The molecule has 2 aromatic heterocycles. The van der Waals surface area contributed by atoms with E-state index in [4.69, 9.17) is 4.42 Å². The molecule has 1 saturated heterocycles. The predicted molar refractivity (Wildman–Crippen MR) is 112 cm³/mol. The minimum absolute atomic E-state index is 0.0614. The molecule has 1 amide bonds. The van der Waals surface area contributed by atoms with Crippen LogP contribution in [0, 0.1) is 5.92 Å². The molecule has 1 aliphatic rings. The lowest BCUT2D eigenvalue weighted by Crippen LogP contribution is -2.41. The van der Waals surface area contributed by atoms with Gasteiger partial charge >= 0.3 is 0 Å². The Balaban J connectivity index is 1.43. The summed E-state index contributed by atoms with van der Waals surface area (Å²) in [4.78, 5) is 16.0. The van der Waals surface area contributed by atoms with Crippen LogP contribution >= 0.6 is 11.8 Å². The number of furan rings is 1. The average molecular weight is 395 g/mol. The van der Waals surface area contributed by atoms with E-state index in [-0.39, 0.29) is 11.8 Å². The van der Waals surface area contributed by atoms with E-state index in [2.05, 4.69) is 20.4 Å². The number of rotatable bonds is 5. The molecule has 28 heavy (non-hydrogen) atoms. The standard InChI is InChI=1S/C21H22N4O2S/c1-28-19-9-3-2-7-17(19)22-21(26)15-6-4-12-25(14-15)20-11-10-16(23-24-20)18-8-5-13-27-18/h2-3,5,7-11,13,15H,4,6,12,14H2,1H3,(H,22,26). The Morgan fingerprint density at radius 1 is 1.18 bits per heavy atom. The van der Waals surface area contributed by atoms with E-state index in [1.807, 2.05) is 54.8 Å². The largest absolute Gasteiger partial charge is 0.463 e. The van der Waals surface area contributed by atoms with Crippen LogP contribution < -0.4 is 10.2 Å². The molecule has 0 saturated carbocycles. The third kappa shape index (κ3) is 4.04. The van der Waals surface area contributed by atoms with Crippen molar-refractivity contribution < 1.29 is 9.21 Å². The number of carbonyl (C=O) groups excluding carboxylic acids is 1. The van der Waals surface area contributed by atoms with E-state index in [1.165, 1.54) is 0 Å². The van der Waals surface area contributed by atoms with Crippen molar-refractivity contribution in [2.75, 3.05) is 29.6 Å². The van der Waals surface area contributed by atoms with Crippen molar-refractivity contribution in [3.05, 3.63) is 54.8 Å². The van der Waals surface area contributed by atoms with Gasteiger partial charge in [-0.25, -0.2) is 0 Å². The maximum Gasteiger partial charge on any atom is 0.229 e. The van der Waals surface area contributed by atoms with Crippen molar-refractivity contribution in [3.63, 3.8) is 0 Å². The second kappa shape index (κ2) is 8.48. The predicted octanol–water partition coefficient (Wildman–Crippen LogP) is 4.31. The number of amides is 1. The van der Waals surface area contributed by atoms with Gasteiger partial charge in [-0.05, 0) is 55.5 Å². The molecule has 0 spiro atoms. The van der Waals surface area contributed by atoms with Crippen LogP contribution in [0.25, 0.3) is 11.5 Å². The fraction of sp³-hybridized carbons (Fsp3) is 0.286. The van der Waals surface area contributed by atoms with Gasteiger partial charge in [-0.3, -0.25) is 4.79 Å². The zero-order valence-corrected chi connectivity index (χ0v) is 16.5. The number of para-hydroxylation sites is 1. The van der Waals surface area contributed by atoms with Gasteiger partial charge in [-0.2, -0.15) is 0 Å². The van der Waals surface area contributed by atoms with Gasteiger partial charge in [0.05, 0.1) is 17.9 Å². The monoisotopic (exact) mass is 394 g/mol. The summed E-state index contributed by atoms with van der Waals surface area (Å²) in [5, 5.41) is 11.7. The number of hydrogen-bond donors (Lipinski definition) is 1.